The molecule has 2 aromatic heterocycles. The van der Waals surface area contributed by atoms with Crippen LogP contribution in [-0.4, -0.2) is 16.5 Å². The summed E-state index contributed by atoms with van der Waals surface area (Å²) >= 11 is 0. The largest absolute Gasteiger partial charge is 0.496 e. The summed E-state index contributed by atoms with van der Waals surface area (Å²) in [6.45, 7) is 4.07. The lowest BCUT2D eigenvalue weighted by molar-refractivity contribution is 0.416. The summed E-state index contributed by atoms with van der Waals surface area (Å²) in [6.07, 6.45) is 4.00. The van der Waals surface area contributed by atoms with Crippen molar-refractivity contribution in [2.24, 2.45) is 0 Å². The number of benzene rings is 1. The molecule has 0 unspecified atom stereocenters. The van der Waals surface area contributed by atoms with E-state index >= 15 is 0 Å². The molecule has 0 saturated heterocycles. The van der Waals surface area contributed by atoms with Crippen LogP contribution in [0.15, 0.2) is 36.7 Å². The first kappa shape index (κ1) is 12.5. The number of aryl methyl sites for hydroxylation is 2. The molecule has 0 fully saturated rings. The molecular weight excluding hydrogens is 250 g/mol. The molecule has 0 atom stereocenters. The fourth-order valence-corrected chi connectivity index (χ4v) is 2.42. The number of methoxy groups -OCH3 is 1. The molecule has 0 aliphatic heterocycles. The van der Waals surface area contributed by atoms with Gasteiger partial charge in [-0.05, 0) is 37.6 Å². The number of rotatable bonds is 2. The van der Waals surface area contributed by atoms with E-state index in [1.807, 2.05) is 41.9 Å². The topological polar surface area (TPSA) is 52.5 Å². The van der Waals surface area contributed by atoms with E-state index in [4.69, 9.17) is 10.5 Å². The lowest BCUT2D eigenvalue weighted by Gasteiger charge is -2.06. The average molecular weight is 267 g/mol. The van der Waals surface area contributed by atoms with Crippen molar-refractivity contribution >= 4 is 11.3 Å². The summed E-state index contributed by atoms with van der Waals surface area (Å²) in [4.78, 5) is 4.63. The molecule has 2 N–H and O–H groups in total. The van der Waals surface area contributed by atoms with E-state index in [9.17, 15) is 0 Å². The number of pyridine rings is 1. The quantitative estimate of drug-likeness (QED) is 0.775. The minimum Gasteiger partial charge on any atom is -0.496 e. The van der Waals surface area contributed by atoms with Gasteiger partial charge in [-0.25, -0.2) is 4.98 Å². The number of nitrogen functional groups attached to an aromatic ring is 1. The minimum atomic E-state index is 0.683. The molecule has 0 aliphatic carbocycles. The van der Waals surface area contributed by atoms with Gasteiger partial charge in [0.2, 0.25) is 0 Å². The Labute approximate surface area is 117 Å². The summed E-state index contributed by atoms with van der Waals surface area (Å²) < 4.78 is 7.38. The van der Waals surface area contributed by atoms with Gasteiger partial charge in [0.1, 0.15) is 5.75 Å². The van der Waals surface area contributed by atoms with E-state index in [-0.39, 0.29) is 0 Å². The van der Waals surface area contributed by atoms with Gasteiger partial charge in [-0.1, -0.05) is 11.6 Å². The molecule has 3 aromatic rings. The number of ether oxygens (including phenoxy) is 1. The van der Waals surface area contributed by atoms with Crippen molar-refractivity contribution in [2.45, 2.75) is 13.8 Å². The maximum atomic E-state index is 6.03. The third-order valence-corrected chi connectivity index (χ3v) is 3.35. The van der Waals surface area contributed by atoms with Crippen molar-refractivity contribution in [1.29, 1.82) is 0 Å². The zero-order valence-corrected chi connectivity index (χ0v) is 11.8. The smallest absolute Gasteiger partial charge is 0.160 e. The lowest BCUT2D eigenvalue weighted by Crippen LogP contribution is -1.93. The van der Waals surface area contributed by atoms with Gasteiger partial charge in [-0.3, -0.25) is 0 Å². The normalized spacial score (nSPS) is 10.9. The summed E-state index contributed by atoms with van der Waals surface area (Å²) in [5.41, 5.74) is 11.6. The SMILES string of the molecule is COc1ccc(C)cc1-c1cn2cc(C)cc(N)c2n1. The summed E-state index contributed by atoms with van der Waals surface area (Å²) in [5.74, 6) is 0.814. The first-order chi connectivity index (χ1) is 9.58. The van der Waals surface area contributed by atoms with Crippen LogP contribution in [0.3, 0.4) is 0 Å². The Hall–Kier alpha value is -2.49. The highest BCUT2D eigenvalue weighted by Gasteiger charge is 2.11. The van der Waals surface area contributed by atoms with Crippen molar-refractivity contribution in [2.75, 3.05) is 12.8 Å². The minimum absolute atomic E-state index is 0.683. The second-order valence-electron chi connectivity index (χ2n) is 5.03. The third kappa shape index (κ3) is 1.99. The van der Waals surface area contributed by atoms with Crippen LogP contribution in [0.4, 0.5) is 5.69 Å². The molecule has 2 heterocycles. The molecule has 0 amide bonds. The molecule has 20 heavy (non-hydrogen) atoms. The van der Waals surface area contributed by atoms with Gasteiger partial charge in [0.15, 0.2) is 5.65 Å². The molecule has 0 saturated carbocycles. The highest BCUT2D eigenvalue weighted by molar-refractivity contribution is 5.74. The van der Waals surface area contributed by atoms with Crippen LogP contribution in [0, 0.1) is 13.8 Å². The maximum Gasteiger partial charge on any atom is 0.160 e. The number of fused-ring (bicyclic) bond motifs is 1. The second-order valence-corrected chi connectivity index (χ2v) is 5.03. The fourth-order valence-electron chi connectivity index (χ4n) is 2.42. The number of hydrogen-bond donors (Lipinski definition) is 1. The third-order valence-electron chi connectivity index (χ3n) is 3.35. The predicted molar refractivity (Wildman–Crippen MR) is 81.1 cm³/mol. The van der Waals surface area contributed by atoms with Gasteiger partial charge in [0.25, 0.3) is 0 Å². The number of imidazole rings is 1. The molecule has 4 nitrogen and oxygen atoms in total. The second kappa shape index (κ2) is 4.56. The van der Waals surface area contributed by atoms with Gasteiger partial charge >= 0.3 is 0 Å². The van der Waals surface area contributed by atoms with Crippen LogP contribution in [0.1, 0.15) is 11.1 Å². The number of hydrogen-bond acceptors (Lipinski definition) is 3. The molecule has 102 valence electrons. The first-order valence-electron chi connectivity index (χ1n) is 6.48. The maximum absolute atomic E-state index is 6.03. The number of aromatic nitrogens is 2. The highest BCUT2D eigenvalue weighted by Crippen LogP contribution is 2.31. The molecule has 1 aromatic carbocycles. The Kier molecular flexibility index (Phi) is 2.86. The number of nitrogens with zero attached hydrogens (tertiary/aromatic N) is 2. The molecular formula is C16H17N3O. The Morgan fingerprint density at radius 1 is 1.10 bits per heavy atom. The average Bonchev–Trinajstić information content (AvgIpc) is 2.82. The standard InChI is InChI=1S/C16H17N3O/c1-10-4-5-15(20-3)12(6-10)14-9-19-8-11(2)7-13(17)16(19)18-14/h4-9H,17H2,1-3H3. The van der Waals surface area contributed by atoms with Crippen molar-refractivity contribution in [1.82, 2.24) is 9.38 Å². The predicted octanol–water partition coefficient (Wildman–Crippen LogP) is 3.21. The van der Waals surface area contributed by atoms with Crippen LogP contribution >= 0.6 is 0 Å². The highest BCUT2D eigenvalue weighted by atomic mass is 16.5. The van der Waals surface area contributed by atoms with Crippen LogP contribution in [0.5, 0.6) is 5.75 Å². The lowest BCUT2D eigenvalue weighted by atomic mass is 10.1. The van der Waals surface area contributed by atoms with Gasteiger partial charge in [-0.2, -0.15) is 0 Å². The van der Waals surface area contributed by atoms with E-state index < -0.39 is 0 Å². The van der Waals surface area contributed by atoms with E-state index in [0.717, 1.165) is 28.2 Å². The van der Waals surface area contributed by atoms with Crippen molar-refractivity contribution in [3.8, 4) is 17.0 Å². The van der Waals surface area contributed by atoms with Crippen molar-refractivity contribution in [3.05, 3.63) is 47.8 Å². The van der Waals surface area contributed by atoms with Crippen LogP contribution in [0.2, 0.25) is 0 Å². The van der Waals surface area contributed by atoms with Crippen LogP contribution in [-0.2, 0) is 0 Å². The van der Waals surface area contributed by atoms with E-state index in [1.165, 1.54) is 5.56 Å². The van der Waals surface area contributed by atoms with Gasteiger partial charge < -0.3 is 14.9 Å². The van der Waals surface area contributed by atoms with Gasteiger partial charge in [0.05, 0.1) is 18.5 Å². The van der Waals surface area contributed by atoms with Crippen molar-refractivity contribution < 1.29 is 4.74 Å². The molecule has 0 aliphatic rings. The van der Waals surface area contributed by atoms with Crippen LogP contribution in [0.25, 0.3) is 16.9 Å². The van der Waals surface area contributed by atoms with E-state index in [1.54, 1.807) is 7.11 Å². The van der Waals surface area contributed by atoms with E-state index in [0.29, 0.717) is 5.69 Å². The first-order valence-corrected chi connectivity index (χ1v) is 6.48. The fraction of sp³-hybridized carbons (Fsp3) is 0.188. The van der Waals surface area contributed by atoms with Crippen molar-refractivity contribution in [3.63, 3.8) is 0 Å². The molecule has 0 radical (unpaired) electrons. The zero-order valence-electron chi connectivity index (χ0n) is 11.8. The van der Waals surface area contributed by atoms with Crippen LogP contribution < -0.4 is 10.5 Å². The zero-order chi connectivity index (χ0) is 14.3. The van der Waals surface area contributed by atoms with Gasteiger partial charge in [-0.15, -0.1) is 0 Å². The molecule has 4 heteroatoms. The van der Waals surface area contributed by atoms with E-state index in [2.05, 4.69) is 18.0 Å². The monoisotopic (exact) mass is 267 g/mol. The van der Waals surface area contributed by atoms with Gasteiger partial charge in [0, 0.05) is 18.0 Å². The Balaban J connectivity index is 2.25. The summed E-state index contributed by atoms with van der Waals surface area (Å²) in [7, 11) is 1.67. The Morgan fingerprint density at radius 2 is 1.90 bits per heavy atom. The summed E-state index contributed by atoms with van der Waals surface area (Å²) in [5, 5.41) is 0. The molecule has 0 spiro atoms. The Bertz CT molecular complexity index is 790. The summed E-state index contributed by atoms with van der Waals surface area (Å²) in [6, 6.07) is 7.99. The number of nitrogens with two attached hydrogens (primary N) is 1. The number of anilines is 1. The Morgan fingerprint density at radius 3 is 2.65 bits per heavy atom. The molecule has 0 bridgehead atoms. The molecule has 3 rings (SSSR count).